The molecular formula is C25H29NO5. The summed E-state index contributed by atoms with van der Waals surface area (Å²) in [5, 5.41) is 11.2. The highest BCUT2D eigenvalue weighted by Crippen LogP contribution is 2.11. The molecule has 0 aliphatic carbocycles. The molecule has 1 rings (SSSR count). The van der Waals surface area contributed by atoms with Crippen molar-refractivity contribution in [1.82, 2.24) is 5.32 Å². The summed E-state index contributed by atoms with van der Waals surface area (Å²) in [6.45, 7) is 5.34. The summed E-state index contributed by atoms with van der Waals surface area (Å²) < 4.78 is 5.44. The van der Waals surface area contributed by atoms with Crippen molar-refractivity contribution < 1.29 is 24.2 Å². The van der Waals surface area contributed by atoms with Crippen LogP contribution in [0.1, 0.15) is 26.3 Å². The molecule has 6 nitrogen and oxygen atoms in total. The van der Waals surface area contributed by atoms with Gasteiger partial charge in [0.2, 0.25) is 5.91 Å². The first-order valence-corrected chi connectivity index (χ1v) is 9.82. The standard InChI is InChI=1S/C25H29NO5/c1-25(2,3)31-24(30)21(19-20-15-11-10-12-16-20)26-22(27)17-13-8-6-4-5-7-9-14-18-23(28)29/h4-18,21H,19H2,1-3H3,(H,26,27)(H,28,29). The lowest BCUT2D eigenvalue weighted by atomic mass is 10.1. The smallest absolute Gasteiger partial charge is 0.329 e. The quantitative estimate of drug-likeness (QED) is 0.338. The number of carbonyl (C=O) groups excluding carboxylic acids is 2. The lowest BCUT2D eigenvalue weighted by Gasteiger charge is -2.24. The molecule has 0 heterocycles. The average molecular weight is 424 g/mol. The van der Waals surface area contributed by atoms with Gasteiger partial charge in [0, 0.05) is 18.6 Å². The van der Waals surface area contributed by atoms with Crippen molar-refractivity contribution in [2.45, 2.75) is 38.8 Å². The van der Waals surface area contributed by atoms with Crippen LogP contribution in [-0.2, 0) is 25.5 Å². The van der Waals surface area contributed by atoms with Gasteiger partial charge in [-0.05, 0) is 26.3 Å². The van der Waals surface area contributed by atoms with Gasteiger partial charge in [-0.1, -0.05) is 78.9 Å². The van der Waals surface area contributed by atoms with Gasteiger partial charge < -0.3 is 15.2 Å². The highest BCUT2D eigenvalue weighted by atomic mass is 16.6. The summed E-state index contributed by atoms with van der Waals surface area (Å²) in [7, 11) is 0. The number of rotatable bonds is 10. The lowest BCUT2D eigenvalue weighted by Crippen LogP contribution is -2.45. The second-order valence-electron chi connectivity index (χ2n) is 7.50. The molecule has 0 saturated carbocycles. The molecule has 0 bridgehead atoms. The van der Waals surface area contributed by atoms with Crippen molar-refractivity contribution in [3.63, 3.8) is 0 Å². The number of nitrogens with one attached hydrogen (secondary N) is 1. The number of aliphatic carboxylic acids is 1. The SMILES string of the molecule is CC(C)(C)OC(=O)C(Cc1ccccc1)NC(=O)C=CC=CC=CC=CC=CC(=O)O. The van der Waals surface area contributed by atoms with E-state index in [9.17, 15) is 14.4 Å². The second-order valence-corrected chi connectivity index (χ2v) is 7.50. The molecule has 1 aromatic rings. The van der Waals surface area contributed by atoms with Gasteiger partial charge in [-0.3, -0.25) is 4.79 Å². The number of benzene rings is 1. The Balaban J connectivity index is 2.64. The van der Waals surface area contributed by atoms with Crippen LogP contribution in [0.4, 0.5) is 0 Å². The van der Waals surface area contributed by atoms with Gasteiger partial charge in [0.05, 0.1) is 0 Å². The van der Waals surface area contributed by atoms with Crippen LogP contribution in [0, 0.1) is 0 Å². The van der Waals surface area contributed by atoms with Crippen molar-refractivity contribution in [2.75, 3.05) is 0 Å². The Morgan fingerprint density at radius 1 is 0.903 bits per heavy atom. The first-order valence-electron chi connectivity index (χ1n) is 9.82. The van der Waals surface area contributed by atoms with Gasteiger partial charge in [-0.25, -0.2) is 9.59 Å². The van der Waals surface area contributed by atoms with Gasteiger partial charge >= 0.3 is 11.9 Å². The molecule has 31 heavy (non-hydrogen) atoms. The van der Waals surface area contributed by atoms with E-state index in [0.717, 1.165) is 11.6 Å². The van der Waals surface area contributed by atoms with Crippen LogP contribution >= 0.6 is 0 Å². The lowest BCUT2D eigenvalue weighted by molar-refractivity contribution is -0.158. The molecular weight excluding hydrogens is 394 g/mol. The van der Waals surface area contributed by atoms with E-state index >= 15 is 0 Å². The third-order valence-corrected chi connectivity index (χ3v) is 3.55. The maximum Gasteiger partial charge on any atom is 0.329 e. The Morgan fingerprint density at radius 2 is 1.42 bits per heavy atom. The van der Waals surface area contributed by atoms with Gasteiger partial charge in [0.15, 0.2) is 0 Å². The van der Waals surface area contributed by atoms with Gasteiger partial charge in [-0.15, -0.1) is 0 Å². The summed E-state index contributed by atoms with van der Waals surface area (Å²) in [5.41, 5.74) is 0.262. The van der Waals surface area contributed by atoms with Crippen LogP contribution in [0.15, 0.2) is 91.1 Å². The molecule has 1 aromatic carbocycles. The molecule has 164 valence electrons. The van der Waals surface area contributed by atoms with E-state index in [2.05, 4.69) is 5.32 Å². The second kappa shape index (κ2) is 13.5. The Kier molecular flexibility index (Phi) is 11.1. The average Bonchev–Trinajstić information content (AvgIpc) is 2.68. The summed E-state index contributed by atoms with van der Waals surface area (Å²) in [5.74, 6) is -1.89. The summed E-state index contributed by atoms with van der Waals surface area (Å²) in [4.78, 5) is 35.1. The van der Waals surface area contributed by atoms with Gasteiger partial charge in [-0.2, -0.15) is 0 Å². The fourth-order valence-electron chi connectivity index (χ4n) is 2.30. The fraction of sp³-hybridized carbons (Fsp3) is 0.240. The van der Waals surface area contributed by atoms with Crippen molar-refractivity contribution in [1.29, 1.82) is 0 Å². The largest absolute Gasteiger partial charge is 0.478 e. The molecule has 0 saturated heterocycles. The van der Waals surface area contributed by atoms with E-state index in [-0.39, 0.29) is 0 Å². The summed E-state index contributed by atoms with van der Waals surface area (Å²) in [6.07, 6.45) is 15.8. The number of amides is 1. The maximum absolute atomic E-state index is 12.5. The van der Waals surface area contributed by atoms with Crippen molar-refractivity contribution in [2.24, 2.45) is 0 Å². The number of hydrogen-bond donors (Lipinski definition) is 2. The fourth-order valence-corrected chi connectivity index (χ4v) is 2.30. The molecule has 1 unspecified atom stereocenters. The Labute approximate surface area is 183 Å². The number of carboxylic acid groups (broad SMARTS) is 1. The number of hydrogen-bond acceptors (Lipinski definition) is 4. The zero-order chi connectivity index (χ0) is 23.1. The van der Waals surface area contributed by atoms with Crippen LogP contribution in [0.5, 0.6) is 0 Å². The third-order valence-electron chi connectivity index (χ3n) is 3.55. The molecule has 1 amide bonds. The molecule has 6 heteroatoms. The minimum Gasteiger partial charge on any atom is -0.478 e. The third kappa shape index (κ3) is 13.2. The van der Waals surface area contributed by atoms with Gasteiger partial charge in [0.25, 0.3) is 0 Å². The van der Waals surface area contributed by atoms with Crippen LogP contribution in [0.25, 0.3) is 0 Å². The van der Waals surface area contributed by atoms with E-state index in [1.165, 1.54) is 12.2 Å². The first-order chi connectivity index (χ1) is 14.7. The molecule has 0 radical (unpaired) electrons. The predicted molar refractivity (Wildman–Crippen MR) is 121 cm³/mol. The Hall–Kier alpha value is -3.67. The highest BCUT2D eigenvalue weighted by Gasteiger charge is 2.26. The van der Waals surface area contributed by atoms with Crippen molar-refractivity contribution in [3.8, 4) is 0 Å². The van der Waals surface area contributed by atoms with Crippen LogP contribution < -0.4 is 5.32 Å². The van der Waals surface area contributed by atoms with Gasteiger partial charge in [0.1, 0.15) is 11.6 Å². The zero-order valence-corrected chi connectivity index (χ0v) is 18.0. The van der Waals surface area contributed by atoms with Crippen LogP contribution in [0.2, 0.25) is 0 Å². The maximum atomic E-state index is 12.5. The summed E-state index contributed by atoms with van der Waals surface area (Å²) in [6, 6.07) is 8.61. The molecule has 0 fully saturated rings. The van der Waals surface area contributed by atoms with E-state index in [1.54, 1.807) is 63.3 Å². The summed E-state index contributed by atoms with van der Waals surface area (Å²) >= 11 is 0. The zero-order valence-electron chi connectivity index (χ0n) is 18.0. The Morgan fingerprint density at radius 3 is 1.94 bits per heavy atom. The minimum absolute atomic E-state index is 0.330. The molecule has 0 spiro atoms. The normalized spacial score (nSPS) is 13.5. The molecule has 0 aliphatic heterocycles. The predicted octanol–water partition coefficient (Wildman–Crippen LogP) is 3.92. The number of carbonyl (C=O) groups is 3. The Bertz CT molecular complexity index is 871. The van der Waals surface area contributed by atoms with E-state index in [0.29, 0.717) is 6.42 Å². The number of allylic oxidation sites excluding steroid dienone is 8. The number of esters is 1. The molecule has 0 aliphatic rings. The minimum atomic E-state index is -1.00. The van der Waals surface area contributed by atoms with Crippen LogP contribution in [-0.4, -0.2) is 34.6 Å². The first kappa shape index (κ1) is 25.4. The van der Waals surface area contributed by atoms with Crippen LogP contribution in [0.3, 0.4) is 0 Å². The van der Waals surface area contributed by atoms with Crippen molar-refractivity contribution >= 4 is 17.8 Å². The molecule has 1 atom stereocenters. The molecule has 2 N–H and O–H groups in total. The monoisotopic (exact) mass is 423 g/mol. The van der Waals surface area contributed by atoms with E-state index in [4.69, 9.17) is 9.84 Å². The van der Waals surface area contributed by atoms with Crippen molar-refractivity contribution in [3.05, 3.63) is 96.7 Å². The van der Waals surface area contributed by atoms with E-state index < -0.39 is 29.5 Å². The highest BCUT2D eigenvalue weighted by molar-refractivity contribution is 5.91. The topological polar surface area (TPSA) is 92.7 Å². The number of ether oxygens (including phenoxy) is 1. The number of carboxylic acids is 1. The molecule has 0 aromatic heterocycles. The van der Waals surface area contributed by atoms with E-state index in [1.807, 2.05) is 30.3 Å².